The number of nitrogens with zero attached hydrogens (tertiary/aromatic N) is 3. The fourth-order valence-electron chi connectivity index (χ4n) is 2.31. The van der Waals surface area contributed by atoms with Crippen LogP contribution in [0.25, 0.3) is 0 Å². The van der Waals surface area contributed by atoms with Gasteiger partial charge in [-0.15, -0.1) is 10.2 Å². The third-order valence-electron chi connectivity index (χ3n) is 3.24. The summed E-state index contributed by atoms with van der Waals surface area (Å²) in [7, 11) is 0. The molecule has 0 radical (unpaired) electrons. The molecule has 0 spiro atoms. The number of rotatable bonds is 1. The average Bonchev–Trinajstić information content (AvgIpc) is 2.39. The van der Waals surface area contributed by atoms with E-state index in [1.165, 1.54) is 11.1 Å². The lowest BCUT2D eigenvalue weighted by Crippen LogP contribution is -2.31. The highest BCUT2D eigenvalue weighted by Gasteiger charge is 2.18. The van der Waals surface area contributed by atoms with Crippen LogP contribution >= 0.6 is 11.6 Å². The first-order valence-corrected chi connectivity index (χ1v) is 6.22. The largest absolute Gasteiger partial charge is 0.398 e. The van der Waals surface area contributed by atoms with E-state index in [-0.39, 0.29) is 0 Å². The van der Waals surface area contributed by atoms with Gasteiger partial charge in [0.15, 0.2) is 11.0 Å². The van der Waals surface area contributed by atoms with E-state index in [0.29, 0.717) is 5.15 Å². The first-order valence-electron chi connectivity index (χ1n) is 5.84. The molecule has 18 heavy (non-hydrogen) atoms. The molecule has 1 aromatic carbocycles. The van der Waals surface area contributed by atoms with Crippen LogP contribution in [0.15, 0.2) is 30.3 Å². The summed E-state index contributed by atoms with van der Waals surface area (Å²) >= 11 is 5.74. The number of nitrogens with two attached hydrogens (primary N) is 1. The Morgan fingerprint density at radius 2 is 2.06 bits per heavy atom. The van der Waals surface area contributed by atoms with Crippen molar-refractivity contribution in [2.45, 2.75) is 13.0 Å². The molecule has 0 saturated heterocycles. The molecule has 1 aliphatic rings. The number of fused-ring (bicyclic) bond motifs is 1. The fraction of sp³-hybridized carbons (Fsp3) is 0.231. The van der Waals surface area contributed by atoms with Gasteiger partial charge in [0.25, 0.3) is 0 Å². The molecule has 0 amide bonds. The number of hydrogen-bond donors (Lipinski definition) is 1. The Kier molecular flexibility index (Phi) is 2.80. The highest BCUT2D eigenvalue weighted by molar-refractivity contribution is 6.29. The third kappa shape index (κ3) is 1.99. The standard InChI is InChI=1S/C13H13ClN4/c14-12-4-5-13(17-16-12)18-7-6-10-9(8-18)2-1-3-11(10)15/h1-5H,6-8,15H2. The number of hydrogen-bond acceptors (Lipinski definition) is 4. The van der Waals surface area contributed by atoms with Gasteiger partial charge < -0.3 is 10.6 Å². The highest BCUT2D eigenvalue weighted by atomic mass is 35.5. The topological polar surface area (TPSA) is 55.0 Å². The molecule has 1 aromatic heterocycles. The zero-order valence-corrected chi connectivity index (χ0v) is 10.6. The van der Waals surface area contributed by atoms with Crippen LogP contribution < -0.4 is 10.6 Å². The van der Waals surface area contributed by atoms with E-state index in [2.05, 4.69) is 21.2 Å². The van der Waals surface area contributed by atoms with Gasteiger partial charge in [0.2, 0.25) is 0 Å². The first kappa shape index (κ1) is 11.3. The summed E-state index contributed by atoms with van der Waals surface area (Å²) in [5.41, 5.74) is 9.39. The summed E-state index contributed by atoms with van der Waals surface area (Å²) in [4.78, 5) is 2.19. The van der Waals surface area contributed by atoms with Crippen molar-refractivity contribution in [3.8, 4) is 0 Å². The molecule has 0 atom stereocenters. The van der Waals surface area contributed by atoms with Gasteiger partial charge in [-0.1, -0.05) is 23.7 Å². The minimum absolute atomic E-state index is 0.417. The van der Waals surface area contributed by atoms with Gasteiger partial charge in [0.05, 0.1) is 0 Å². The number of nitrogen functional groups attached to an aromatic ring is 1. The lowest BCUT2D eigenvalue weighted by atomic mass is 9.98. The maximum Gasteiger partial charge on any atom is 0.151 e. The SMILES string of the molecule is Nc1cccc2c1CCN(c1ccc(Cl)nn1)C2. The monoisotopic (exact) mass is 260 g/mol. The molecule has 0 saturated carbocycles. The van der Waals surface area contributed by atoms with Gasteiger partial charge in [0.1, 0.15) is 0 Å². The fourth-order valence-corrected chi connectivity index (χ4v) is 2.41. The van der Waals surface area contributed by atoms with Crippen molar-refractivity contribution < 1.29 is 0 Å². The normalized spacial score (nSPS) is 14.4. The predicted molar refractivity (Wildman–Crippen MR) is 72.7 cm³/mol. The number of halogens is 1. The summed E-state index contributed by atoms with van der Waals surface area (Å²) in [5, 5.41) is 8.40. The van der Waals surface area contributed by atoms with Crippen molar-refractivity contribution in [1.29, 1.82) is 0 Å². The van der Waals surface area contributed by atoms with Crippen LogP contribution in [-0.2, 0) is 13.0 Å². The number of anilines is 2. The van der Waals surface area contributed by atoms with Crippen molar-refractivity contribution in [1.82, 2.24) is 10.2 Å². The summed E-state index contributed by atoms with van der Waals surface area (Å²) < 4.78 is 0. The Morgan fingerprint density at radius 1 is 1.17 bits per heavy atom. The average molecular weight is 261 g/mol. The predicted octanol–water partition coefficient (Wildman–Crippen LogP) is 2.27. The quantitative estimate of drug-likeness (QED) is 0.800. The third-order valence-corrected chi connectivity index (χ3v) is 3.45. The molecule has 0 bridgehead atoms. The molecule has 5 heteroatoms. The van der Waals surface area contributed by atoms with Crippen molar-refractivity contribution in [3.05, 3.63) is 46.6 Å². The molecular formula is C13H13ClN4. The smallest absolute Gasteiger partial charge is 0.151 e. The second-order valence-corrected chi connectivity index (χ2v) is 4.76. The van der Waals surface area contributed by atoms with E-state index in [4.69, 9.17) is 17.3 Å². The Balaban J connectivity index is 1.89. The van der Waals surface area contributed by atoms with Crippen molar-refractivity contribution in [2.24, 2.45) is 0 Å². The van der Waals surface area contributed by atoms with Crippen molar-refractivity contribution in [3.63, 3.8) is 0 Å². The van der Waals surface area contributed by atoms with Crippen molar-refractivity contribution >= 4 is 23.1 Å². The molecule has 2 heterocycles. The zero-order chi connectivity index (χ0) is 12.5. The maximum absolute atomic E-state index is 5.98. The van der Waals surface area contributed by atoms with E-state index in [1.807, 2.05) is 18.2 Å². The highest BCUT2D eigenvalue weighted by Crippen LogP contribution is 2.26. The second-order valence-electron chi connectivity index (χ2n) is 4.37. The van der Waals surface area contributed by atoms with Crippen LogP contribution in [-0.4, -0.2) is 16.7 Å². The molecule has 3 rings (SSSR count). The van der Waals surface area contributed by atoms with Gasteiger partial charge in [-0.3, -0.25) is 0 Å². The van der Waals surface area contributed by atoms with Crippen LogP contribution in [0, 0.1) is 0 Å². The van der Waals surface area contributed by atoms with E-state index in [9.17, 15) is 0 Å². The summed E-state index contributed by atoms with van der Waals surface area (Å²) in [5.74, 6) is 0.854. The van der Waals surface area contributed by atoms with Gasteiger partial charge in [-0.25, -0.2) is 0 Å². The van der Waals surface area contributed by atoms with E-state index >= 15 is 0 Å². The molecule has 1 aliphatic heterocycles. The molecule has 2 aromatic rings. The molecular weight excluding hydrogens is 248 g/mol. The molecule has 2 N–H and O–H groups in total. The summed E-state index contributed by atoms with van der Waals surface area (Å²) in [6.07, 6.45) is 0.937. The molecule has 92 valence electrons. The van der Waals surface area contributed by atoms with Crippen LogP contribution in [0.5, 0.6) is 0 Å². The lowest BCUT2D eigenvalue weighted by Gasteiger charge is -2.30. The minimum Gasteiger partial charge on any atom is -0.398 e. The minimum atomic E-state index is 0.417. The molecule has 0 fully saturated rings. The number of benzene rings is 1. The summed E-state index contributed by atoms with van der Waals surface area (Å²) in [6.45, 7) is 1.72. The Hall–Kier alpha value is -1.81. The van der Waals surface area contributed by atoms with Crippen LogP contribution in [0.2, 0.25) is 5.15 Å². The molecule has 0 unspecified atom stereocenters. The second kappa shape index (κ2) is 4.46. The summed E-state index contributed by atoms with van der Waals surface area (Å²) in [6, 6.07) is 9.72. The Bertz CT molecular complexity index is 568. The maximum atomic E-state index is 5.98. The van der Waals surface area contributed by atoms with Gasteiger partial charge in [-0.2, -0.15) is 0 Å². The van der Waals surface area contributed by atoms with E-state index < -0.39 is 0 Å². The number of aromatic nitrogens is 2. The zero-order valence-electron chi connectivity index (χ0n) is 9.81. The molecule has 0 aliphatic carbocycles. The van der Waals surface area contributed by atoms with Gasteiger partial charge >= 0.3 is 0 Å². The Morgan fingerprint density at radius 3 is 2.83 bits per heavy atom. The van der Waals surface area contributed by atoms with E-state index in [1.54, 1.807) is 6.07 Å². The van der Waals surface area contributed by atoms with Crippen LogP contribution in [0.3, 0.4) is 0 Å². The first-order chi connectivity index (χ1) is 8.74. The van der Waals surface area contributed by atoms with Gasteiger partial charge in [-0.05, 0) is 35.7 Å². The van der Waals surface area contributed by atoms with Gasteiger partial charge in [0, 0.05) is 18.8 Å². The lowest BCUT2D eigenvalue weighted by molar-refractivity contribution is 0.714. The van der Waals surface area contributed by atoms with Crippen molar-refractivity contribution in [2.75, 3.05) is 17.2 Å². The van der Waals surface area contributed by atoms with Crippen LogP contribution in [0.4, 0.5) is 11.5 Å². The van der Waals surface area contributed by atoms with E-state index in [0.717, 1.165) is 31.0 Å². The van der Waals surface area contributed by atoms with Crippen LogP contribution in [0.1, 0.15) is 11.1 Å². The Labute approximate surface area is 110 Å². The molecule has 4 nitrogen and oxygen atoms in total.